The third-order valence-corrected chi connectivity index (χ3v) is 2.64. The predicted octanol–water partition coefficient (Wildman–Crippen LogP) is 1.31. The molecule has 0 aromatic carbocycles. The molecule has 0 unspecified atom stereocenters. The minimum absolute atomic E-state index is 0.193. The van der Waals surface area contributed by atoms with Gasteiger partial charge in [0.25, 0.3) is 0 Å². The summed E-state index contributed by atoms with van der Waals surface area (Å²) in [4.78, 5) is 11.1. The van der Waals surface area contributed by atoms with Crippen molar-refractivity contribution >= 4 is 5.97 Å². The van der Waals surface area contributed by atoms with Crippen LogP contribution in [0.15, 0.2) is 0 Å². The third kappa shape index (κ3) is 1.95. The van der Waals surface area contributed by atoms with Crippen molar-refractivity contribution in [2.24, 2.45) is 5.92 Å². The van der Waals surface area contributed by atoms with E-state index >= 15 is 0 Å². The van der Waals surface area contributed by atoms with Gasteiger partial charge in [0.2, 0.25) is 0 Å². The quantitative estimate of drug-likeness (QED) is 0.840. The Morgan fingerprint density at radius 2 is 2.38 bits per heavy atom. The van der Waals surface area contributed by atoms with E-state index in [-0.39, 0.29) is 5.69 Å². The molecule has 0 aliphatic carbocycles. The number of fused-ring (bicyclic) bond motifs is 1. The van der Waals surface area contributed by atoms with Gasteiger partial charge in [0.05, 0.1) is 18.9 Å². The Labute approximate surface area is 94.0 Å². The van der Waals surface area contributed by atoms with E-state index in [0.29, 0.717) is 25.6 Å². The zero-order valence-electron chi connectivity index (χ0n) is 9.56. The Bertz CT molecular complexity index is 410. The Morgan fingerprint density at radius 1 is 1.62 bits per heavy atom. The average Bonchev–Trinajstić information content (AvgIpc) is 2.57. The Kier molecular flexibility index (Phi) is 2.96. The van der Waals surface area contributed by atoms with E-state index in [1.54, 1.807) is 4.68 Å². The molecular formula is C11H16N2O3. The van der Waals surface area contributed by atoms with Gasteiger partial charge in [-0.3, -0.25) is 4.68 Å². The minimum atomic E-state index is -0.944. The van der Waals surface area contributed by atoms with Gasteiger partial charge in [-0.15, -0.1) is 0 Å². The minimum Gasteiger partial charge on any atom is -0.476 e. The molecule has 0 bridgehead atoms. The lowest BCUT2D eigenvalue weighted by Gasteiger charge is -2.15. The molecule has 0 saturated heterocycles. The van der Waals surface area contributed by atoms with E-state index in [1.165, 1.54) is 0 Å². The molecular weight excluding hydrogens is 208 g/mol. The molecule has 0 radical (unpaired) electrons. The Hall–Kier alpha value is -1.36. The van der Waals surface area contributed by atoms with E-state index in [2.05, 4.69) is 18.9 Å². The van der Waals surface area contributed by atoms with Crippen molar-refractivity contribution in [3.05, 3.63) is 17.0 Å². The summed E-state index contributed by atoms with van der Waals surface area (Å²) in [5.41, 5.74) is 1.97. The van der Waals surface area contributed by atoms with Crippen LogP contribution >= 0.6 is 0 Å². The highest BCUT2D eigenvalue weighted by atomic mass is 16.5. The summed E-state index contributed by atoms with van der Waals surface area (Å²) < 4.78 is 7.14. The van der Waals surface area contributed by atoms with Crippen LogP contribution in [0.1, 0.15) is 35.6 Å². The fourth-order valence-electron chi connectivity index (χ4n) is 1.97. The summed E-state index contributed by atoms with van der Waals surface area (Å²) in [6.45, 7) is 5.96. The first kappa shape index (κ1) is 11.1. The van der Waals surface area contributed by atoms with Crippen LogP contribution in [-0.4, -0.2) is 27.5 Å². The van der Waals surface area contributed by atoms with Crippen LogP contribution in [0.3, 0.4) is 0 Å². The highest BCUT2D eigenvalue weighted by molar-refractivity contribution is 5.87. The van der Waals surface area contributed by atoms with Gasteiger partial charge >= 0.3 is 5.97 Å². The van der Waals surface area contributed by atoms with Gasteiger partial charge in [0.1, 0.15) is 0 Å². The Balaban J connectivity index is 2.42. The van der Waals surface area contributed by atoms with Crippen molar-refractivity contribution in [1.29, 1.82) is 0 Å². The highest BCUT2D eigenvalue weighted by Gasteiger charge is 2.24. The second-order valence-electron chi connectivity index (χ2n) is 4.46. The number of hydrogen-bond donors (Lipinski definition) is 1. The van der Waals surface area contributed by atoms with Gasteiger partial charge in [0.15, 0.2) is 5.69 Å². The highest BCUT2D eigenvalue weighted by Crippen LogP contribution is 2.21. The number of aromatic nitrogens is 2. The molecule has 0 spiro atoms. The van der Waals surface area contributed by atoms with Gasteiger partial charge in [-0.05, 0) is 5.92 Å². The van der Waals surface area contributed by atoms with Crippen molar-refractivity contribution in [2.75, 3.05) is 6.61 Å². The number of ether oxygens (including phenoxy) is 1. The van der Waals surface area contributed by atoms with Crippen LogP contribution in [0.4, 0.5) is 0 Å². The van der Waals surface area contributed by atoms with Crippen LogP contribution < -0.4 is 0 Å². The van der Waals surface area contributed by atoms with Gasteiger partial charge in [-0.2, -0.15) is 5.10 Å². The summed E-state index contributed by atoms with van der Waals surface area (Å²) >= 11 is 0. The van der Waals surface area contributed by atoms with E-state index < -0.39 is 5.97 Å². The molecule has 1 N–H and O–H groups in total. The predicted molar refractivity (Wildman–Crippen MR) is 57.4 cm³/mol. The molecule has 88 valence electrons. The van der Waals surface area contributed by atoms with Gasteiger partial charge < -0.3 is 9.84 Å². The molecule has 1 aromatic rings. The summed E-state index contributed by atoms with van der Waals surface area (Å²) in [6.07, 6.45) is 0.648. The fraction of sp³-hybridized carbons (Fsp3) is 0.636. The lowest BCUT2D eigenvalue weighted by molar-refractivity contribution is 0.0686. The number of carboxylic acid groups (broad SMARTS) is 1. The van der Waals surface area contributed by atoms with Crippen molar-refractivity contribution in [3.63, 3.8) is 0 Å². The molecule has 1 aromatic heterocycles. The topological polar surface area (TPSA) is 64.4 Å². The van der Waals surface area contributed by atoms with E-state index in [0.717, 1.165) is 17.8 Å². The molecule has 1 aliphatic heterocycles. The molecule has 1 aliphatic rings. The summed E-state index contributed by atoms with van der Waals surface area (Å²) in [5, 5.41) is 13.2. The summed E-state index contributed by atoms with van der Waals surface area (Å²) in [5.74, 6) is -0.506. The zero-order chi connectivity index (χ0) is 11.7. The molecule has 2 heterocycles. The number of carbonyl (C=O) groups is 1. The maximum atomic E-state index is 11.1. The number of nitrogens with zero attached hydrogens (tertiary/aromatic N) is 2. The van der Waals surface area contributed by atoms with E-state index in [4.69, 9.17) is 9.84 Å². The second kappa shape index (κ2) is 4.25. The zero-order valence-corrected chi connectivity index (χ0v) is 9.56. The van der Waals surface area contributed by atoms with Crippen molar-refractivity contribution in [3.8, 4) is 0 Å². The van der Waals surface area contributed by atoms with Crippen molar-refractivity contribution < 1.29 is 14.6 Å². The maximum absolute atomic E-state index is 11.1. The third-order valence-electron chi connectivity index (χ3n) is 2.64. The van der Waals surface area contributed by atoms with Crippen LogP contribution in [0.2, 0.25) is 0 Å². The normalized spacial score (nSPS) is 15.2. The molecule has 2 rings (SSSR count). The maximum Gasteiger partial charge on any atom is 0.356 e. The molecule has 0 amide bonds. The first-order valence-corrected chi connectivity index (χ1v) is 5.49. The lowest BCUT2D eigenvalue weighted by atomic mass is 10.1. The summed E-state index contributed by atoms with van der Waals surface area (Å²) in [6, 6.07) is 0. The smallest absolute Gasteiger partial charge is 0.356 e. The van der Waals surface area contributed by atoms with Crippen LogP contribution in [-0.2, 0) is 24.3 Å². The molecule has 0 atom stereocenters. The summed E-state index contributed by atoms with van der Waals surface area (Å²) in [7, 11) is 0. The van der Waals surface area contributed by atoms with E-state index in [9.17, 15) is 4.79 Å². The molecule has 0 fully saturated rings. The monoisotopic (exact) mass is 224 g/mol. The molecule has 5 nitrogen and oxygen atoms in total. The van der Waals surface area contributed by atoms with Gasteiger partial charge in [-0.1, -0.05) is 13.8 Å². The molecule has 16 heavy (non-hydrogen) atoms. The van der Waals surface area contributed by atoms with Crippen LogP contribution in [0.25, 0.3) is 0 Å². The number of aromatic carboxylic acids is 1. The number of hydrogen-bond acceptors (Lipinski definition) is 3. The Morgan fingerprint density at radius 3 is 3.00 bits per heavy atom. The van der Waals surface area contributed by atoms with Crippen LogP contribution in [0.5, 0.6) is 0 Å². The van der Waals surface area contributed by atoms with Gasteiger partial charge in [0, 0.05) is 18.5 Å². The van der Waals surface area contributed by atoms with Crippen LogP contribution in [0, 0.1) is 5.92 Å². The largest absolute Gasteiger partial charge is 0.476 e. The van der Waals surface area contributed by atoms with Crippen molar-refractivity contribution in [1.82, 2.24) is 9.78 Å². The second-order valence-corrected chi connectivity index (χ2v) is 4.46. The van der Waals surface area contributed by atoms with E-state index in [1.807, 2.05) is 0 Å². The SMILES string of the molecule is CC(C)Cn1nc(C(=O)O)c2c1COCC2. The average molecular weight is 224 g/mol. The first-order chi connectivity index (χ1) is 7.59. The standard InChI is InChI=1S/C11H16N2O3/c1-7(2)5-13-9-6-16-4-3-8(9)10(12-13)11(14)15/h7H,3-6H2,1-2H3,(H,14,15). The fourth-order valence-corrected chi connectivity index (χ4v) is 1.97. The molecule has 0 saturated carbocycles. The van der Waals surface area contributed by atoms with Gasteiger partial charge in [-0.25, -0.2) is 4.79 Å². The van der Waals surface area contributed by atoms with Crippen molar-refractivity contribution in [2.45, 2.75) is 33.4 Å². The number of rotatable bonds is 3. The first-order valence-electron chi connectivity index (χ1n) is 5.49. The number of carboxylic acids is 1. The molecule has 5 heteroatoms. The lowest BCUT2D eigenvalue weighted by Crippen LogP contribution is -2.15.